The number of aliphatic carboxylic acids is 1. The molecule has 94 valence electrons. The van der Waals surface area contributed by atoms with Crippen LogP contribution in [0, 0.1) is 6.92 Å². The smallest absolute Gasteiger partial charge is 0.317 e. The Labute approximate surface area is 101 Å². The zero-order valence-corrected chi connectivity index (χ0v) is 10.5. The summed E-state index contributed by atoms with van der Waals surface area (Å²) < 4.78 is 0. The minimum atomic E-state index is -0.856. The summed E-state index contributed by atoms with van der Waals surface area (Å²) in [5.74, 6) is -0.641. The van der Waals surface area contributed by atoms with Crippen molar-refractivity contribution in [2.45, 2.75) is 33.4 Å². The van der Waals surface area contributed by atoms with Gasteiger partial charge >= 0.3 is 5.97 Å². The normalized spacial score (nSPS) is 11.1. The summed E-state index contributed by atoms with van der Waals surface area (Å²) in [6, 6.07) is 5.47. The SMILES string of the molecule is Cc1ccc(O)c(CN(CC(=O)O)C(C)C)c1. The van der Waals surface area contributed by atoms with Gasteiger partial charge in [-0.05, 0) is 26.8 Å². The second-order valence-electron chi connectivity index (χ2n) is 4.52. The summed E-state index contributed by atoms with van der Waals surface area (Å²) in [5.41, 5.74) is 1.82. The molecule has 1 rings (SSSR count). The molecule has 1 aromatic rings. The van der Waals surface area contributed by atoms with Gasteiger partial charge in [0.15, 0.2) is 0 Å². The molecule has 0 amide bonds. The van der Waals surface area contributed by atoms with Gasteiger partial charge in [0, 0.05) is 18.2 Å². The number of aryl methyl sites for hydroxylation is 1. The molecule has 0 spiro atoms. The number of phenolic OH excluding ortho intramolecular Hbond substituents is 1. The van der Waals surface area contributed by atoms with Crippen molar-refractivity contribution in [2.24, 2.45) is 0 Å². The van der Waals surface area contributed by atoms with E-state index in [1.165, 1.54) is 0 Å². The van der Waals surface area contributed by atoms with E-state index in [1.807, 2.05) is 32.9 Å². The Bertz CT molecular complexity index is 402. The number of carbonyl (C=O) groups is 1. The molecule has 0 bridgehead atoms. The van der Waals surface area contributed by atoms with E-state index in [0.29, 0.717) is 6.54 Å². The maximum atomic E-state index is 10.8. The topological polar surface area (TPSA) is 60.8 Å². The molecule has 0 aliphatic rings. The van der Waals surface area contributed by atoms with Crippen LogP contribution in [0.3, 0.4) is 0 Å². The van der Waals surface area contributed by atoms with Crippen LogP contribution in [0.25, 0.3) is 0 Å². The summed E-state index contributed by atoms with van der Waals surface area (Å²) in [7, 11) is 0. The number of aromatic hydroxyl groups is 1. The molecule has 0 unspecified atom stereocenters. The largest absolute Gasteiger partial charge is 0.508 e. The highest BCUT2D eigenvalue weighted by Gasteiger charge is 2.15. The Hall–Kier alpha value is -1.55. The maximum Gasteiger partial charge on any atom is 0.317 e. The summed E-state index contributed by atoms with van der Waals surface area (Å²) in [4.78, 5) is 12.6. The molecule has 0 heterocycles. The van der Waals surface area contributed by atoms with Crippen LogP contribution in [0.1, 0.15) is 25.0 Å². The van der Waals surface area contributed by atoms with E-state index in [9.17, 15) is 9.90 Å². The van der Waals surface area contributed by atoms with E-state index in [4.69, 9.17) is 5.11 Å². The molecular weight excluding hydrogens is 218 g/mol. The van der Waals surface area contributed by atoms with Crippen molar-refractivity contribution in [1.82, 2.24) is 4.90 Å². The Kier molecular flexibility index (Phi) is 4.52. The first-order chi connectivity index (χ1) is 7.90. The van der Waals surface area contributed by atoms with E-state index in [-0.39, 0.29) is 18.3 Å². The van der Waals surface area contributed by atoms with Gasteiger partial charge in [-0.1, -0.05) is 17.7 Å². The first kappa shape index (κ1) is 13.5. The van der Waals surface area contributed by atoms with Crippen LogP contribution in [-0.2, 0) is 11.3 Å². The minimum absolute atomic E-state index is 0.0228. The third-order valence-electron chi connectivity index (χ3n) is 2.68. The number of hydrogen-bond acceptors (Lipinski definition) is 3. The molecule has 0 fully saturated rings. The average molecular weight is 237 g/mol. The van der Waals surface area contributed by atoms with E-state index >= 15 is 0 Å². The van der Waals surface area contributed by atoms with Crippen LogP contribution >= 0.6 is 0 Å². The molecule has 0 aliphatic carbocycles. The standard InChI is InChI=1S/C13H19NO3/c1-9(2)14(8-13(16)17)7-11-6-10(3)4-5-12(11)15/h4-6,9,15H,7-8H2,1-3H3,(H,16,17). The van der Waals surface area contributed by atoms with E-state index in [0.717, 1.165) is 11.1 Å². The molecule has 0 radical (unpaired) electrons. The molecule has 0 saturated carbocycles. The van der Waals surface area contributed by atoms with Crippen molar-refractivity contribution in [3.8, 4) is 5.75 Å². The number of hydrogen-bond donors (Lipinski definition) is 2. The first-order valence-corrected chi connectivity index (χ1v) is 5.64. The second kappa shape index (κ2) is 5.68. The summed E-state index contributed by atoms with van der Waals surface area (Å²) in [6.07, 6.45) is 0. The number of nitrogens with zero attached hydrogens (tertiary/aromatic N) is 1. The molecule has 1 aromatic carbocycles. The van der Waals surface area contributed by atoms with Crippen molar-refractivity contribution < 1.29 is 15.0 Å². The third kappa shape index (κ3) is 4.07. The summed E-state index contributed by atoms with van der Waals surface area (Å²) in [6.45, 7) is 6.24. The van der Waals surface area contributed by atoms with Gasteiger partial charge < -0.3 is 10.2 Å². The Morgan fingerprint density at radius 2 is 2.06 bits per heavy atom. The van der Waals surface area contributed by atoms with Crippen LogP contribution in [0.5, 0.6) is 5.75 Å². The number of carboxylic acid groups (broad SMARTS) is 1. The lowest BCUT2D eigenvalue weighted by Crippen LogP contribution is -2.35. The average Bonchev–Trinajstić information content (AvgIpc) is 2.21. The molecule has 0 saturated heterocycles. The number of benzene rings is 1. The van der Waals surface area contributed by atoms with E-state index in [2.05, 4.69) is 0 Å². The lowest BCUT2D eigenvalue weighted by molar-refractivity contribution is -0.138. The Morgan fingerprint density at radius 1 is 1.41 bits per heavy atom. The van der Waals surface area contributed by atoms with Gasteiger partial charge in [-0.25, -0.2) is 0 Å². The molecule has 2 N–H and O–H groups in total. The predicted octanol–water partition coefficient (Wildman–Crippen LogP) is 2.00. The maximum absolute atomic E-state index is 10.8. The fourth-order valence-electron chi connectivity index (χ4n) is 1.65. The zero-order valence-electron chi connectivity index (χ0n) is 10.5. The lowest BCUT2D eigenvalue weighted by atomic mass is 10.1. The van der Waals surface area contributed by atoms with Crippen molar-refractivity contribution >= 4 is 5.97 Å². The van der Waals surface area contributed by atoms with Gasteiger partial charge in [0.25, 0.3) is 0 Å². The van der Waals surface area contributed by atoms with Crippen molar-refractivity contribution in [3.63, 3.8) is 0 Å². The first-order valence-electron chi connectivity index (χ1n) is 5.64. The molecule has 17 heavy (non-hydrogen) atoms. The highest BCUT2D eigenvalue weighted by Crippen LogP contribution is 2.20. The van der Waals surface area contributed by atoms with E-state index < -0.39 is 5.97 Å². The third-order valence-corrected chi connectivity index (χ3v) is 2.68. The predicted molar refractivity (Wildman–Crippen MR) is 66.0 cm³/mol. The molecule has 4 heteroatoms. The summed E-state index contributed by atoms with van der Waals surface area (Å²) >= 11 is 0. The fourth-order valence-corrected chi connectivity index (χ4v) is 1.65. The molecule has 0 aromatic heterocycles. The zero-order chi connectivity index (χ0) is 13.0. The lowest BCUT2D eigenvalue weighted by Gasteiger charge is -2.25. The van der Waals surface area contributed by atoms with Crippen LogP contribution in [-0.4, -0.2) is 33.7 Å². The van der Waals surface area contributed by atoms with Crippen molar-refractivity contribution in [2.75, 3.05) is 6.54 Å². The quantitative estimate of drug-likeness (QED) is 0.822. The van der Waals surface area contributed by atoms with Crippen molar-refractivity contribution in [3.05, 3.63) is 29.3 Å². The monoisotopic (exact) mass is 237 g/mol. The molecule has 0 aliphatic heterocycles. The van der Waals surface area contributed by atoms with Crippen LogP contribution in [0.15, 0.2) is 18.2 Å². The number of carboxylic acids is 1. The van der Waals surface area contributed by atoms with Gasteiger partial charge in [-0.3, -0.25) is 9.69 Å². The van der Waals surface area contributed by atoms with Crippen LogP contribution < -0.4 is 0 Å². The van der Waals surface area contributed by atoms with E-state index in [1.54, 1.807) is 11.0 Å². The highest BCUT2D eigenvalue weighted by atomic mass is 16.4. The van der Waals surface area contributed by atoms with Crippen LogP contribution in [0.4, 0.5) is 0 Å². The summed E-state index contributed by atoms with van der Waals surface area (Å²) in [5, 5.41) is 18.6. The van der Waals surface area contributed by atoms with Gasteiger partial charge in [-0.15, -0.1) is 0 Å². The van der Waals surface area contributed by atoms with Gasteiger partial charge in [0.1, 0.15) is 5.75 Å². The minimum Gasteiger partial charge on any atom is -0.508 e. The van der Waals surface area contributed by atoms with Crippen molar-refractivity contribution in [1.29, 1.82) is 0 Å². The van der Waals surface area contributed by atoms with Crippen LogP contribution in [0.2, 0.25) is 0 Å². The molecular formula is C13H19NO3. The van der Waals surface area contributed by atoms with Gasteiger partial charge in [0.05, 0.1) is 6.54 Å². The fraction of sp³-hybridized carbons (Fsp3) is 0.462. The second-order valence-corrected chi connectivity index (χ2v) is 4.52. The number of rotatable bonds is 5. The molecule has 0 atom stereocenters. The number of phenols is 1. The highest BCUT2D eigenvalue weighted by molar-refractivity contribution is 5.69. The van der Waals surface area contributed by atoms with Gasteiger partial charge in [0.2, 0.25) is 0 Å². The Morgan fingerprint density at radius 3 is 2.59 bits per heavy atom. The molecule has 4 nitrogen and oxygen atoms in total. The van der Waals surface area contributed by atoms with Gasteiger partial charge in [-0.2, -0.15) is 0 Å². The Balaban J connectivity index is 2.85.